The molecule has 21 heavy (non-hydrogen) atoms. The summed E-state index contributed by atoms with van der Waals surface area (Å²) in [5.74, 6) is -0.0619. The fraction of sp³-hybridized carbons (Fsp3) is 0.533. The van der Waals surface area contributed by atoms with E-state index < -0.39 is 10.3 Å². The van der Waals surface area contributed by atoms with Crippen molar-refractivity contribution in [1.82, 2.24) is 4.90 Å². The molecule has 116 valence electrons. The van der Waals surface area contributed by atoms with Crippen molar-refractivity contribution in [2.45, 2.75) is 33.2 Å². The zero-order chi connectivity index (χ0) is 16.0. The number of carbonyl (C=O) groups excluding carboxylic acids is 1. The third-order valence-corrected chi connectivity index (χ3v) is 4.14. The fourth-order valence-corrected chi connectivity index (χ4v) is 2.48. The van der Waals surface area contributed by atoms with Crippen molar-refractivity contribution in [3.8, 4) is 0 Å². The molecule has 0 unspecified atom stereocenters. The minimum absolute atomic E-state index is 0.0310. The molecule has 0 aliphatic rings. The second kappa shape index (κ2) is 7.17. The van der Waals surface area contributed by atoms with Crippen molar-refractivity contribution in [3.63, 3.8) is 0 Å². The highest BCUT2D eigenvalue weighted by atomic mass is 16.6. The molecule has 0 fully saturated rings. The Balaban J connectivity index is 2.98. The molecule has 6 heteroatoms. The van der Waals surface area contributed by atoms with Crippen LogP contribution in [0.3, 0.4) is 0 Å². The van der Waals surface area contributed by atoms with E-state index in [-0.39, 0.29) is 24.7 Å². The predicted octanol–water partition coefficient (Wildman–Crippen LogP) is 2.32. The van der Waals surface area contributed by atoms with Gasteiger partial charge < -0.3 is 10.6 Å². The van der Waals surface area contributed by atoms with Crippen LogP contribution in [0.2, 0.25) is 0 Å². The van der Waals surface area contributed by atoms with Gasteiger partial charge in [0.2, 0.25) is 5.91 Å². The summed E-state index contributed by atoms with van der Waals surface area (Å²) in [5, 5.41) is 11.0. The minimum Gasteiger partial charge on any atom is -0.341 e. The largest absolute Gasteiger partial charge is 0.341 e. The zero-order valence-corrected chi connectivity index (χ0v) is 12.8. The van der Waals surface area contributed by atoms with Gasteiger partial charge in [0.15, 0.2) is 0 Å². The van der Waals surface area contributed by atoms with E-state index in [1.165, 1.54) is 11.0 Å². The van der Waals surface area contributed by atoms with Gasteiger partial charge in [0.1, 0.15) is 0 Å². The lowest BCUT2D eigenvalue weighted by molar-refractivity contribution is -0.385. The van der Waals surface area contributed by atoms with Crippen LogP contribution in [0.1, 0.15) is 32.3 Å². The van der Waals surface area contributed by atoms with E-state index in [2.05, 4.69) is 0 Å². The normalized spacial score (nSPS) is 11.2. The van der Waals surface area contributed by atoms with Crippen molar-refractivity contribution in [3.05, 3.63) is 39.9 Å². The molecule has 0 atom stereocenters. The van der Waals surface area contributed by atoms with E-state index in [0.717, 1.165) is 0 Å². The Kier molecular flexibility index (Phi) is 5.84. The summed E-state index contributed by atoms with van der Waals surface area (Å²) in [4.78, 5) is 24.7. The van der Waals surface area contributed by atoms with Crippen LogP contribution in [0.4, 0.5) is 5.69 Å². The van der Waals surface area contributed by atoms with Gasteiger partial charge in [-0.3, -0.25) is 14.9 Å². The molecular formula is C15H23N3O3. The van der Waals surface area contributed by atoms with Crippen LogP contribution in [0.5, 0.6) is 0 Å². The maximum absolute atomic E-state index is 12.6. The highest BCUT2D eigenvalue weighted by Crippen LogP contribution is 2.28. The van der Waals surface area contributed by atoms with Gasteiger partial charge >= 0.3 is 0 Å². The lowest BCUT2D eigenvalue weighted by Crippen LogP contribution is -2.45. The van der Waals surface area contributed by atoms with Crippen LogP contribution in [-0.2, 0) is 11.3 Å². The lowest BCUT2D eigenvalue weighted by atomic mass is 9.81. The number of nitrogens with zero attached hydrogens (tertiary/aromatic N) is 2. The summed E-state index contributed by atoms with van der Waals surface area (Å²) < 4.78 is 0. The molecule has 0 aliphatic heterocycles. The number of hydrogen-bond acceptors (Lipinski definition) is 4. The first-order valence-electron chi connectivity index (χ1n) is 7.09. The third kappa shape index (κ3) is 3.58. The van der Waals surface area contributed by atoms with E-state index in [0.29, 0.717) is 18.4 Å². The first-order chi connectivity index (χ1) is 9.91. The predicted molar refractivity (Wildman–Crippen MR) is 81.6 cm³/mol. The highest BCUT2D eigenvalue weighted by molar-refractivity contribution is 5.82. The lowest BCUT2D eigenvalue weighted by Gasteiger charge is -2.33. The van der Waals surface area contributed by atoms with Gasteiger partial charge in [0, 0.05) is 25.2 Å². The molecule has 0 aliphatic carbocycles. The third-order valence-electron chi connectivity index (χ3n) is 4.14. The van der Waals surface area contributed by atoms with E-state index in [1.807, 2.05) is 13.8 Å². The van der Waals surface area contributed by atoms with Crippen LogP contribution in [0, 0.1) is 15.5 Å². The van der Waals surface area contributed by atoms with Crippen molar-refractivity contribution in [2.24, 2.45) is 11.1 Å². The molecule has 0 radical (unpaired) electrons. The maximum Gasteiger partial charge on any atom is 0.274 e. The SMILES string of the molecule is CCC(CC)(CN)C(=O)N(C)Cc1ccccc1[N+](=O)[O-]. The number of carbonyl (C=O) groups is 1. The molecule has 1 amide bonds. The topological polar surface area (TPSA) is 89.5 Å². The van der Waals surface area contributed by atoms with Crippen LogP contribution in [-0.4, -0.2) is 29.3 Å². The van der Waals surface area contributed by atoms with Gasteiger partial charge in [0.25, 0.3) is 5.69 Å². The molecule has 0 spiro atoms. The second-order valence-electron chi connectivity index (χ2n) is 5.24. The van der Waals surface area contributed by atoms with E-state index >= 15 is 0 Å². The van der Waals surface area contributed by atoms with Crippen molar-refractivity contribution in [2.75, 3.05) is 13.6 Å². The number of hydrogen-bond donors (Lipinski definition) is 1. The first-order valence-corrected chi connectivity index (χ1v) is 7.09. The minimum atomic E-state index is -0.585. The van der Waals surface area contributed by atoms with Gasteiger partial charge in [-0.1, -0.05) is 32.0 Å². The van der Waals surface area contributed by atoms with Crippen molar-refractivity contribution < 1.29 is 9.72 Å². The molecule has 0 saturated heterocycles. The van der Waals surface area contributed by atoms with Gasteiger partial charge in [-0.25, -0.2) is 0 Å². The number of amides is 1. The Hall–Kier alpha value is -1.95. The van der Waals surface area contributed by atoms with Crippen molar-refractivity contribution in [1.29, 1.82) is 0 Å². The average molecular weight is 293 g/mol. The number of benzene rings is 1. The van der Waals surface area contributed by atoms with E-state index in [4.69, 9.17) is 5.73 Å². The standard InChI is InChI=1S/C15H23N3O3/c1-4-15(5-2,11-16)14(19)17(3)10-12-8-6-7-9-13(12)18(20)21/h6-9H,4-5,10-11,16H2,1-3H3. The summed E-state index contributed by atoms with van der Waals surface area (Å²) in [7, 11) is 1.66. The fourth-order valence-electron chi connectivity index (χ4n) is 2.48. The van der Waals surface area contributed by atoms with E-state index in [1.54, 1.807) is 25.2 Å². The van der Waals surface area contributed by atoms with E-state index in [9.17, 15) is 14.9 Å². The summed E-state index contributed by atoms with van der Waals surface area (Å²) in [6.07, 6.45) is 1.31. The summed E-state index contributed by atoms with van der Waals surface area (Å²) in [5.41, 5.74) is 5.75. The number of para-hydroxylation sites is 1. The number of rotatable bonds is 7. The quantitative estimate of drug-likeness (QED) is 0.617. The molecule has 1 aromatic rings. The molecule has 0 heterocycles. The Morgan fingerprint density at radius 1 is 1.33 bits per heavy atom. The molecule has 2 N–H and O–H groups in total. The molecule has 0 aromatic heterocycles. The van der Waals surface area contributed by atoms with Gasteiger partial charge in [-0.15, -0.1) is 0 Å². The molecule has 6 nitrogen and oxygen atoms in total. The van der Waals surface area contributed by atoms with Gasteiger partial charge in [-0.05, 0) is 12.8 Å². The Morgan fingerprint density at radius 3 is 2.38 bits per heavy atom. The number of nitro groups is 1. The highest BCUT2D eigenvalue weighted by Gasteiger charge is 2.36. The number of nitro benzene ring substituents is 1. The zero-order valence-electron chi connectivity index (χ0n) is 12.8. The first kappa shape index (κ1) is 17.1. The molecule has 1 rings (SSSR count). The molecule has 0 saturated carbocycles. The van der Waals surface area contributed by atoms with Crippen LogP contribution < -0.4 is 5.73 Å². The van der Waals surface area contributed by atoms with Crippen LogP contribution in [0.15, 0.2) is 24.3 Å². The van der Waals surface area contributed by atoms with Gasteiger partial charge in [0.05, 0.1) is 16.9 Å². The average Bonchev–Trinajstić information content (AvgIpc) is 2.49. The van der Waals surface area contributed by atoms with Crippen LogP contribution >= 0.6 is 0 Å². The van der Waals surface area contributed by atoms with Gasteiger partial charge in [-0.2, -0.15) is 0 Å². The molecular weight excluding hydrogens is 270 g/mol. The van der Waals surface area contributed by atoms with Crippen molar-refractivity contribution >= 4 is 11.6 Å². The smallest absolute Gasteiger partial charge is 0.274 e. The van der Waals surface area contributed by atoms with Crippen LogP contribution in [0.25, 0.3) is 0 Å². The Morgan fingerprint density at radius 2 is 1.90 bits per heavy atom. The molecule has 1 aromatic carbocycles. The summed E-state index contributed by atoms with van der Waals surface area (Å²) in [6, 6.07) is 6.47. The maximum atomic E-state index is 12.6. The Bertz CT molecular complexity index is 504. The molecule has 0 bridgehead atoms. The second-order valence-corrected chi connectivity index (χ2v) is 5.24. The Labute approximate surface area is 125 Å². The summed E-state index contributed by atoms with van der Waals surface area (Å²) >= 11 is 0. The number of nitrogens with two attached hydrogens (primary N) is 1. The monoisotopic (exact) mass is 293 g/mol. The summed E-state index contributed by atoms with van der Waals surface area (Å²) in [6.45, 7) is 4.36.